The molecule has 0 aromatic carbocycles. The Morgan fingerprint density at radius 2 is 1.88 bits per heavy atom. The Balaban J connectivity index is 4.87. The van der Waals surface area contributed by atoms with Crippen LogP contribution in [0.3, 0.4) is 0 Å². The quantitative estimate of drug-likeness (QED) is 0.286. The molecule has 0 saturated heterocycles. The molecule has 0 aliphatic heterocycles. The number of hydrogen-bond acceptors (Lipinski definition) is 8. The van der Waals surface area contributed by atoms with Gasteiger partial charge in [-0.05, 0) is 0 Å². The number of carbonyl (C=O) groups excluding carboxylic acids is 1. The molecule has 0 rings (SSSR count). The zero-order chi connectivity index (χ0) is 12.9. The molecule has 0 unspecified atom stereocenters. The molecule has 0 aromatic heterocycles. The van der Waals surface area contributed by atoms with Gasteiger partial charge in [0, 0.05) is 0 Å². The molecule has 0 aliphatic rings. The van der Waals surface area contributed by atoms with Gasteiger partial charge in [-0.25, -0.2) is 9.32 Å². The highest BCUT2D eigenvalue weighted by Crippen LogP contribution is 2.09. The zero-order valence-corrected chi connectivity index (χ0v) is 8.95. The number of hydrogen-bond donors (Lipinski definition) is 5. The molecular formula is C6H14N2O7S. The fourth-order valence-corrected chi connectivity index (χ4v) is 1.46. The van der Waals surface area contributed by atoms with Crippen LogP contribution >= 0.6 is 0 Å². The normalized spacial score (nSPS) is 19.8. The maximum Gasteiger partial charge on any atom is 0.333 e. The Morgan fingerprint density at radius 3 is 2.19 bits per heavy atom. The number of aliphatic hydroxyl groups is 3. The molecule has 4 atom stereocenters. The van der Waals surface area contributed by atoms with Crippen LogP contribution in [0.4, 0.5) is 0 Å². The topological polar surface area (TPSA) is 173 Å². The summed E-state index contributed by atoms with van der Waals surface area (Å²) in [4.78, 5) is 10.4. The molecule has 96 valence electrons. The summed E-state index contributed by atoms with van der Waals surface area (Å²) in [6, 6.07) is -1.52. The van der Waals surface area contributed by atoms with E-state index in [4.69, 9.17) is 15.9 Å². The first-order valence-electron chi connectivity index (χ1n) is 4.11. The van der Waals surface area contributed by atoms with Crippen molar-refractivity contribution in [3.05, 3.63) is 0 Å². The lowest BCUT2D eigenvalue weighted by molar-refractivity contribution is -0.115. The van der Waals surface area contributed by atoms with Crippen molar-refractivity contribution in [3.8, 4) is 0 Å². The lowest BCUT2D eigenvalue weighted by atomic mass is 10.0. The maximum atomic E-state index is 10.6. The molecule has 0 radical (unpaired) electrons. The number of rotatable bonds is 7. The molecule has 0 amide bonds. The molecule has 10 heteroatoms. The predicted molar refractivity (Wildman–Crippen MR) is 51.1 cm³/mol. The molecule has 0 bridgehead atoms. The highest BCUT2D eigenvalue weighted by atomic mass is 32.2. The van der Waals surface area contributed by atoms with Gasteiger partial charge in [-0.2, -0.15) is 8.42 Å². The second-order valence-corrected chi connectivity index (χ2v) is 4.19. The highest BCUT2D eigenvalue weighted by Gasteiger charge is 2.34. The van der Waals surface area contributed by atoms with Crippen molar-refractivity contribution in [2.75, 3.05) is 6.61 Å². The summed E-state index contributed by atoms with van der Waals surface area (Å²) < 4.78 is 25.4. The van der Waals surface area contributed by atoms with Gasteiger partial charge in [-0.15, -0.1) is 0 Å². The SMILES string of the molecule is N[C@@H](C=O)[C@@H](OS(N)(=O)=O)[C@H](O)[C@H](O)CO. The van der Waals surface area contributed by atoms with Gasteiger partial charge in [-0.1, -0.05) is 0 Å². The van der Waals surface area contributed by atoms with Crippen LogP contribution in [0, 0.1) is 0 Å². The van der Waals surface area contributed by atoms with Crippen molar-refractivity contribution in [2.45, 2.75) is 24.4 Å². The van der Waals surface area contributed by atoms with E-state index < -0.39 is 41.3 Å². The standard InChI is InChI=1S/C6H14N2O7S/c7-3(1-9)6(15-16(8,13)14)5(12)4(11)2-10/h1,3-6,10-12H,2,7H2,(H2,8,13,14)/t3-,4+,5+,6+/m0/s1. The first-order valence-corrected chi connectivity index (χ1v) is 5.59. The molecule has 0 aliphatic carbocycles. The fourth-order valence-electron chi connectivity index (χ4n) is 0.908. The van der Waals surface area contributed by atoms with Crippen molar-refractivity contribution < 1.29 is 32.7 Å². The van der Waals surface area contributed by atoms with Crippen molar-refractivity contribution in [1.82, 2.24) is 0 Å². The van der Waals surface area contributed by atoms with E-state index >= 15 is 0 Å². The predicted octanol–water partition coefficient (Wildman–Crippen LogP) is -4.18. The fraction of sp³-hybridized carbons (Fsp3) is 0.833. The smallest absolute Gasteiger partial charge is 0.333 e. The van der Waals surface area contributed by atoms with Crippen molar-refractivity contribution >= 4 is 16.6 Å². The third-order valence-electron chi connectivity index (χ3n) is 1.70. The summed E-state index contributed by atoms with van der Waals surface area (Å²) in [5.41, 5.74) is 5.15. The Bertz CT molecular complexity index is 319. The zero-order valence-electron chi connectivity index (χ0n) is 8.13. The summed E-state index contributed by atoms with van der Waals surface area (Å²) in [5.74, 6) is 0. The largest absolute Gasteiger partial charge is 0.394 e. The number of nitrogens with two attached hydrogens (primary N) is 2. The van der Waals surface area contributed by atoms with Crippen LogP contribution in [0.1, 0.15) is 0 Å². The molecule has 0 fully saturated rings. The number of carbonyl (C=O) groups is 1. The van der Waals surface area contributed by atoms with Crippen molar-refractivity contribution in [1.29, 1.82) is 0 Å². The van der Waals surface area contributed by atoms with E-state index in [-0.39, 0.29) is 6.29 Å². The lowest BCUT2D eigenvalue weighted by Crippen LogP contribution is -2.52. The minimum Gasteiger partial charge on any atom is -0.394 e. The Kier molecular flexibility index (Phi) is 5.96. The second-order valence-electron chi connectivity index (χ2n) is 3.01. The first-order chi connectivity index (χ1) is 7.22. The molecule has 0 spiro atoms. The maximum absolute atomic E-state index is 10.6. The van der Waals surface area contributed by atoms with Crippen LogP contribution < -0.4 is 10.9 Å². The van der Waals surface area contributed by atoms with E-state index in [2.05, 4.69) is 9.32 Å². The van der Waals surface area contributed by atoms with Gasteiger partial charge in [-0.3, -0.25) is 0 Å². The third-order valence-corrected chi connectivity index (χ3v) is 2.19. The van der Waals surface area contributed by atoms with Crippen LogP contribution in [0.2, 0.25) is 0 Å². The average Bonchev–Trinajstić information content (AvgIpc) is 2.21. The third kappa shape index (κ3) is 4.94. The van der Waals surface area contributed by atoms with E-state index in [1.165, 1.54) is 0 Å². The molecule has 16 heavy (non-hydrogen) atoms. The van der Waals surface area contributed by atoms with Gasteiger partial charge in [0.1, 0.15) is 24.6 Å². The van der Waals surface area contributed by atoms with Crippen LogP contribution in [0.15, 0.2) is 0 Å². The van der Waals surface area contributed by atoms with Crippen LogP contribution in [-0.2, 0) is 19.3 Å². The number of aldehydes is 1. The Labute approximate surface area is 91.9 Å². The second kappa shape index (κ2) is 6.20. The molecule has 7 N–H and O–H groups in total. The Morgan fingerprint density at radius 1 is 1.38 bits per heavy atom. The van der Waals surface area contributed by atoms with E-state index in [0.29, 0.717) is 0 Å². The van der Waals surface area contributed by atoms with Gasteiger partial charge in [0.05, 0.1) is 12.6 Å². The first kappa shape index (κ1) is 15.4. The Hall–Kier alpha value is -0.620. The molecule has 9 nitrogen and oxygen atoms in total. The van der Waals surface area contributed by atoms with E-state index in [0.717, 1.165) is 0 Å². The van der Waals surface area contributed by atoms with Crippen molar-refractivity contribution in [3.63, 3.8) is 0 Å². The van der Waals surface area contributed by atoms with E-state index in [1.54, 1.807) is 0 Å². The summed E-state index contributed by atoms with van der Waals surface area (Å²) in [6.07, 6.45) is -5.24. The van der Waals surface area contributed by atoms with Crippen LogP contribution in [-0.4, -0.2) is 61.0 Å². The van der Waals surface area contributed by atoms with Gasteiger partial charge < -0.3 is 25.8 Å². The van der Waals surface area contributed by atoms with Crippen molar-refractivity contribution in [2.24, 2.45) is 10.9 Å². The molecule has 0 heterocycles. The van der Waals surface area contributed by atoms with Crippen LogP contribution in [0.5, 0.6) is 0 Å². The average molecular weight is 258 g/mol. The van der Waals surface area contributed by atoms with Gasteiger partial charge in [0.15, 0.2) is 0 Å². The minimum atomic E-state index is -4.46. The molecular weight excluding hydrogens is 244 g/mol. The monoisotopic (exact) mass is 258 g/mol. The summed E-state index contributed by atoms with van der Waals surface area (Å²) >= 11 is 0. The summed E-state index contributed by atoms with van der Waals surface area (Å²) in [6.45, 7) is -0.864. The number of aliphatic hydroxyl groups excluding tert-OH is 3. The van der Waals surface area contributed by atoms with Crippen LogP contribution in [0.25, 0.3) is 0 Å². The van der Waals surface area contributed by atoms with E-state index in [1.807, 2.05) is 0 Å². The highest BCUT2D eigenvalue weighted by molar-refractivity contribution is 7.84. The molecule has 0 saturated carbocycles. The lowest BCUT2D eigenvalue weighted by Gasteiger charge is -2.26. The van der Waals surface area contributed by atoms with Gasteiger partial charge in [0.25, 0.3) is 0 Å². The van der Waals surface area contributed by atoms with Gasteiger partial charge in [0.2, 0.25) is 0 Å². The minimum absolute atomic E-state index is 0.114. The molecule has 0 aromatic rings. The summed E-state index contributed by atoms with van der Waals surface area (Å²) in [7, 11) is -4.46. The summed E-state index contributed by atoms with van der Waals surface area (Å²) in [5, 5.41) is 31.5. The van der Waals surface area contributed by atoms with E-state index in [9.17, 15) is 18.3 Å². The van der Waals surface area contributed by atoms with Gasteiger partial charge >= 0.3 is 10.3 Å².